The van der Waals surface area contributed by atoms with Gasteiger partial charge in [0.2, 0.25) is 0 Å². The SMILES string of the molecule is NCCc1ccc(N2CCC(N3CCCC3)C2)cc1. The normalized spacial score (nSPS) is 24.3. The highest BCUT2D eigenvalue weighted by atomic mass is 15.3. The van der Waals surface area contributed by atoms with E-state index in [0.717, 1.165) is 19.0 Å². The third kappa shape index (κ3) is 2.93. The van der Waals surface area contributed by atoms with Crippen LogP contribution in [0, 0.1) is 0 Å². The molecule has 1 unspecified atom stereocenters. The van der Waals surface area contributed by atoms with E-state index in [1.54, 1.807) is 0 Å². The molecule has 0 aliphatic carbocycles. The molecule has 2 fully saturated rings. The number of benzene rings is 1. The first-order valence-corrected chi connectivity index (χ1v) is 7.65. The molecule has 2 heterocycles. The lowest BCUT2D eigenvalue weighted by atomic mass is 10.1. The van der Waals surface area contributed by atoms with E-state index in [1.165, 1.54) is 56.7 Å². The summed E-state index contributed by atoms with van der Waals surface area (Å²) < 4.78 is 0. The Morgan fingerprint density at radius 1 is 1.05 bits per heavy atom. The number of hydrogen-bond acceptors (Lipinski definition) is 3. The predicted octanol–water partition coefficient (Wildman–Crippen LogP) is 1.86. The Bertz CT molecular complexity index is 395. The largest absolute Gasteiger partial charge is 0.370 e. The molecule has 0 spiro atoms. The summed E-state index contributed by atoms with van der Waals surface area (Å²) in [5, 5.41) is 0. The summed E-state index contributed by atoms with van der Waals surface area (Å²) in [5.41, 5.74) is 8.32. The lowest BCUT2D eigenvalue weighted by molar-refractivity contribution is 0.260. The quantitative estimate of drug-likeness (QED) is 0.896. The predicted molar refractivity (Wildman–Crippen MR) is 80.6 cm³/mol. The molecule has 1 aromatic carbocycles. The Hall–Kier alpha value is -1.06. The Labute approximate surface area is 116 Å². The number of hydrogen-bond donors (Lipinski definition) is 1. The Morgan fingerprint density at radius 3 is 2.47 bits per heavy atom. The van der Waals surface area contributed by atoms with Crippen molar-refractivity contribution >= 4 is 5.69 Å². The first-order chi connectivity index (χ1) is 9.36. The summed E-state index contributed by atoms with van der Waals surface area (Å²) in [5.74, 6) is 0. The summed E-state index contributed by atoms with van der Waals surface area (Å²) in [6.07, 6.45) is 5.09. The molecule has 1 aromatic rings. The van der Waals surface area contributed by atoms with Crippen LogP contribution in [-0.2, 0) is 6.42 Å². The molecular formula is C16H25N3. The van der Waals surface area contributed by atoms with Crippen molar-refractivity contribution in [1.82, 2.24) is 4.90 Å². The van der Waals surface area contributed by atoms with Crippen LogP contribution < -0.4 is 10.6 Å². The standard InChI is InChI=1S/C16H25N3/c17-9-7-14-3-5-15(6-4-14)19-12-8-16(13-19)18-10-1-2-11-18/h3-6,16H,1-2,7-13,17H2. The van der Waals surface area contributed by atoms with Crippen LogP contribution in [0.2, 0.25) is 0 Å². The highest BCUT2D eigenvalue weighted by Crippen LogP contribution is 2.25. The Morgan fingerprint density at radius 2 is 1.79 bits per heavy atom. The van der Waals surface area contributed by atoms with Crippen molar-refractivity contribution in [2.45, 2.75) is 31.7 Å². The maximum Gasteiger partial charge on any atom is 0.0366 e. The van der Waals surface area contributed by atoms with Crippen molar-refractivity contribution in [3.05, 3.63) is 29.8 Å². The molecule has 2 aliphatic heterocycles. The van der Waals surface area contributed by atoms with Gasteiger partial charge in [0.1, 0.15) is 0 Å². The first-order valence-electron chi connectivity index (χ1n) is 7.65. The molecule has 1 atom stereocenters. The Kier molecular flexibility index (Phi) is 4.04. The fourth-order valence-corrected chi connectivity index (χ4v) is 3.42. The van der Waals surface area contributed by atoms with Gasteiger partial charge in [0.15, 0.2) is 0 Å². The van der Waals surface area contributed by atoms with E-state index in [4.69, 9.17) is 5.73 Å². The Balaban J connectivity index is 1.60. The summed E-state index contributed by atoms with van der Waals surface area (Å²) in [6, 6.07) is 9.76. The molecule has 3 nitrogen and oxygen atoms in total. The van der Waals surface area contributed by atoms with Crippen LogP contribution in [0.15, 0.2) is 24.3 Å². The van der Waals surface area contributed by atoms with E-state index in [0.29, 0.717) is 0 Å². The molecule has 0 bridgehead atoms. The molecule has 104 valence electrons. The molecule has 2 aliphatic rings. The van der Waals surface area contributed by atoms with Crippen LogP contribution in [0.1, 0.15) is 24.8 Å². The van der Waals surface area contributed by atoms with Crippen LogP contribution in [0.5, 0.6) is 0 Å². The minimum Gasteiger partial charge on any atom is -0.370 e. The lowest BCUT2D eigenvalue weighted by Crippen LogP contribution is -2.35. The van der Waals surface area contributed by atoms with Gasteiger partial charge < -0.3 is 10.6 Å². The van der Waals surface area contributed by atoms with E-state index in [1.807, 2.05) is 0 Å². The zero-order valence-electron chi connectivity index (χ0n) is 11.7. The number of nitrogens with zero attached hydrogens (tertiary/aromatic N) is 2. The monoisotopic (exact) mass is 259 g/mol. The van der Waals surface area contributed by atoms with Crippen LogP contribution in [0.4, 0.5) is 5.69 Å². The van der Waals surface area contributed by atoms with Gasteiger partial charge in [-0.15, -0.1) is 0 Å². The van der Waals surface area contributed by atoms with Gasteiger partial charge in [0.05, 0.1) is 0 Å². The van der Waals surface area contributed by atoms with Crippen LogP contribution in [0.25, 0.3) is 0 Å². The van der Waals surface area contributed by atoms with Gasteiger partial charge in [-0.3, -0.25) is 4.90 Å². The highest BCUT2D eigenvalue weighted by Gasteiger charge is 2.29. The van der Waals surface area contributed by atoms with Crippen LogP contribution in [-0.4, -0.2) is 43.7 Å². The summed E-state index contributed by atoms with van der Waals surface area (Å²) >= 11 is 0. The average Bonchev–Trinajstić information content (AvgIpc) is 3.11. The maximum absolute atomic E-state index is 5.59. The number of likely N-dealkylation sites (tertiary alicyclic amines) is 1. The van der Waals surface area contributed by atoms with Crippen LogP contribution >= 0.6 is 0 Å². The topological polar surface area (TPSA) is 32.5 Å². The van der Waals surface area contributed by atoms with Crippen molar-refractivity contribution in [2.75, 3.05) is 37.6 Å². The van der Waals surface area contributed by atoms with Gasteiger partial charge in [0.25, 0.3) is 0 Å². The molecule has 0 saturated carbocycles. The van der Waals surface area contributed by atoms with Gasteiger partial charge in [0, 0.05) is 24.8 Å². The second-order valence-electron chi connectivity index (χ2n) is 5.84. The van der Waals surface area contributed by atoms with Gasteiger partial charge in [-0.2, -0.15) is 0 Å². The van der Waals surface area contributed by atoms with Crippen molar-refractivity contribution in [2.24, 2.45) is 5.73 Å². The van der Waals surface area contributed by atoms with E-state index >= 15 is 0 Å². The van der Waals surface area contributed by atoms with Crippen molar-refractivity contribution in [3.8, 4) is 0 Å². The third-order valence-electron chi connectivity index (χ3n) is 4.55. The molecule has 0 radical (unpaired) electrons. The lowest BCUT2D eigenvalue weighted by Gasteiger charge is -2.24. The van der Waals surface area contributed by atoms with Gasteiger partial charge in [-0.05, 0) is 63.0 Å². The van der Waals surface area contributed by atoms with Gasteiger partial charge in [-0.25, -0.2) is 0 Å². The molecule has 2 N–H and O–H groups in total. The molecule has 0 aromatic heterocycles. The zero-order chi connectivity index (χ0) is 13.1. The van der Waals surface area contributed by atoms with E-state index in [2.05, 4.69) is 34.1 Å². The van der Waals surface area contributed by atoms with Crippen molar-refractivity contribution < 1.29 is 0 Å². The minimum absolute atomic E-state index is 0.736. The fourth-order valence-electron chi connectivity index (χ4n) is 3.42. The number of anilines is 1. The van der Waals surface area contributed by atoms with Gasteiger partial charge in [-0.1, -0.05) is 12.1 Å². The summed E-state index contributed by atoms with van der Waals surface area (Å²) in [4.78, 5) is 5.22. The fraction of sp³-hybridized carbons (Fsp3) is 0.625. The minimum atomic E-state index is 0.736. The zero-order valence-corrected chi connectivity index (χ0v) is 11.7. The molecule has 0 amide bonds. The molecule has 3 rings (SSSR count). The molecule has 19 heavy (non-hydrogen) atoms. The second-order valence-corrected chi connectivity index (χ2v) is 5.84. The van der Waals surface area contributed by atoms with Crippen molar-refractivity contribution in [1.29, 1.82) is 0 Å². The highest BCUT2D eigenvalue weighted by molar-refractivity contribution is 5.48. The van der Waals surface area contributed by atoms with Crippen LogP contribution in [0.3, 0.4) is 0 Å². The van der Waals surface area contributed by atoms with E-state index in [-0.39, 0.29) is 0 Å². The van der Waals surface area contributed by atoms with Crippen molar-refractivity contribution in [3.63, 3.8) is 0 Å². The smallest absolute Gasteiger partial charge is 0.0366 e. The maximum atomic E-state index is 5.59. The number of nitrogens with two attached hydrogens (primary N) is 1. The third-order valence-corrected chi connectivity index (χ3v) is 4.55. The molecule has 2 saturated heterocycles. The summed E-state index contributed by atoms with van der Waals surface area (Å²) in [7, 11) is 0. The number of rotatable bonds is 4. The summed E-state index contributed by atoms with van der Waals surface area (Å²) in [6.45, 7) is 5.77. The van der Waals surface area contributed by atoms with Gasteiger partial charge >= 0.3 is 0 Å². The van der Waals surface area contributed by atoms with E-state index in [9.17, 15) is 0 Å². The van der Waals surface area contributed by atoms with E-state index < -0.39 is 0 Å². The second kappa shape index (κ2) is 5.93. The molecular weight excluding hydrogens is 234 g/mol. The first kappa shape index (κ1) is 12.9. The molecule has 3 heteroatoms. The average molecular weight is 259 g/mol.